The molecule has 2 aromatic rings. The third-order valence-corrected chi connectivity index (χ3v) is 6.19. The second-order valence-electron chi connectivity index (χ2n) is 8.29. The van der Waals surface area contributed by atoms with Crippen LogP contribution in [0, 0.1) is 11.6 Å². The van der Waals surface area contributed by atoms with Gasteiger partial charge in [-0.15, -0.1) is 0 Å². The minimum Gasteiger partial charge on any atom is -0.338 e. The Balaban J connectivity index is 1.56. The van der Waals surface area contributed by atoms with Crippen LogP contribution in [0.5, 0.6) is 0 Å². The molecule has 0 saturated carbocycles. The van der Waals surface area contributed by atoms with Crippen LogP contribution in [-0.4, -0.2) is 82.2 Å². The molecule has 0 radical (unpaired) electrons. The average Bonchev–Trinajstić information content (AvgIpc) is 3.13. The highest BCUT2D eigenvalue weighted by atomic mass is 35.5. The van der Waals surface area contributed by atoms with Crippen molar-refractivity contribution in [1.82, 2.24) is 24.6 Å². The average molecular weight is 533 g/mol. The predicted octanol–water partition coefficient (Wildman–Crippen LogP) is 2.51. The quantitative estimate of drug-likeness (QED) is 0.482. The number of hydrogen-bond acceptors (Lipinski definition) is 5. The Morgan fingerprint density at radius 2 is 2.06 bits per heavy atom. The monoisotopic (exact) mass is 532 g/mol. The van der Waals surface area contributed by atoms with Gasteiger partial charge in [0, 0.05) is 32.6 Å². The highest BCUT2D eigenvalue weighted by Crippen LogP contribution is 2.29. The summed E-state index contributed by atoms with van der Waals surface area (Å²) in [6, 6.07) is 1.24. The molecule has 1 aromatic heterocycles. The van der Waals surface area contributed by atoms with Gasteiger partial charge in [0.2, 0.25) is 0 Å². The van der Waals surface area contributed by atoms with Gasteiger partial charge in [-0.25, -0.2) is 27.4 Å². The summed E-state index contributed by atoms with van der Waals surface area (Å²) in [5.74, 6) is -3.49. The van der Waals surface area contributed by atoms with Gasteiger partial charge < -0.3 is 15.1 Å². The van der Waals surface area contributed by atoms with Crippen LogP contribution >= 0.6 is 11.6 Å². The summed E-state index contributed by atoms with van der Waals surface area (Å²) < 4.78 is 54.4. The van der Waals surface area contributed by atoms with Crippen molar-refractivity contribution in [3.63, 3.8) is 0 Å². The first-order chi connectivity index (χ1) is 17.0. The summed E-state index contributed by atoms with van der Waals surface area (Å²) in [5.41, 5.74) is 0.682. The number of carbonyl (C=O) groups excluding carboxylic acids is 3. The number of hydroxylamine groups is 2. The Labute approximate surface area is 207 Å². The topological polar surface area (TPSA) is 100 Å². The van der Waals surface area contributed by atoms with Crippen LogP contribution in [0.25, 0.3) is 0 Å². The first kappa shape index (κ1) is 25.7. The number of hydrogen-bond donors (Lipinski definition) is 1. The molecule has 0 spiro atoms. The maximum absolute atomic E-state index is 14.2. The van der Waals surface area contributed by atoms with E-state index < -0.39 is 53.6 Å². The summed E-state index contributed by atoms with van der Waals surface area (Å²) in [4.78, 5) is 46.0. The molecule has 2 aliphatic heterocycles. The molecule has 1 unspecified atom stereocenters. The normalized spacial score (nSPS) is 17.6. The van der Waals surface area contributed by atoms with E-state index in [9.17, 15) is 31.9 Å². The molecule has 0 fully saturated rings. The minimum atomic E-state index is -2.74. The van der Waals surface area contributed by atoms with E-state index in [0.717, 1.165) is 22.1 Å². The number of aromatic nitrogens is 2. The number of alkyl halides is 2. The zero-order chi connectivity index (χ0) is 26.3. The van der Waals surface area contributed by atoms with Gasteiger partial charge in [0.1, 0.15) is 16.5 Å². The van der Waals surface area contributed by atoms with Crippen LogP contribution in [-0.2, 0) is 29.1 Å². The van der Waals surface area contributed by atoms with Gasteiger partial charge in [-0.05, 0) is 12.1 Å². The maximum atomic E-state index is 14.2. The van der Waals surface area contributed by atoms with Crippen molar-refractivity contribution in [3.05, 3.63) is 45.7 Å². The summed E-state index contributed by atoms with van der Waals surface area (Å²) in [6.45, 7) is -0.915. The lowest BCUT2D eigenvalue weighted by Gasteiger charge is -2.27. The molecule has 0 bridgehead atoms. The van der Waals surface area contributed by atoms with Crippen molar-refractivity contribution >= 4 is 35.1 Å². The molecule has 15 heteroatoms. The molecule has 1 atom stereocenters. The lowest BCUT2D eigenvalue weighted by Crippen LogP contribution is -2.44. The number of benzene rings is 1. The molecule has 36 heavy (non-hydrogen) atoms. The number of nitrogens with zero attached hydrogens (tertiary/aromatic N) is 5. The van der Waals surface area contributed by atoms with Gasteiger partial charge in [0.05, 0.1) is 31.0 Å². The number of nitrogens with one attached hydrogen (secondary N) is 1. The highest BCUT2D eigenvalue weighted by Gasteiger charge is 2.38. The van der Waals surface area contributed by atoms with Crippen LogP contribution < -0.4 is 5.32 Å². The van der Waals surface area contributed by atoms with E-state index >= 15 is 0 Å². The van der Waals surface area contributed by atoms with E-state index in [1.807, 2.05) is 0 Å². The number of halogens is 5. The van der Waals surface area contributed by atoms with E-state index in [1.54, 1.807) is 0 Å². The van der Waals surface area contributed by atoms with Crippen LogP contribution in [0.2, 0.25) is 5.02 Å². The molecule has 4 rings (SSSR count). The minimum absolute atomic E-state index is 0.0729. The standard InChI is InChI=1S/C21H21ClF4N6O4/c1-29(9-15(24)25)19(33)14-8-32-18(20(34)30(2)36-14)10-7-31(6-5-12(10)28-32)21(35)27-13-4-3-11(23)16(22)17(13)26/h3-4,14-15H,5-9H2,1-2H3,(H,27,35). The third kappa shape index (κ3) is 4.82. The van der Waals surface area contributed by atoms with Crippen molar-refractivity contribution in [2.24, 2.45) is 0 Å². The second-order valence-corrected chi connectivity index (χ2v) is 8.67. The molecule has 0 saturated heterocycles. The Hall–Kier alpha value is -3.39. The first-order valence-electron chi connectivity index (χ1n) is 10.7. The Morgan fingerprint density at radius 1 is 1.33 bits per heavy atom. The predicted molar refractivity (Wildman–Crippen MR) is 117 cm³/mol. The van der Waals surface area contributed by atoms with Gasteiger partial charge in [-0.1, -0.05) is 11.6 Å². The summed E-state index contributed by atoms with van der Waals surface area (Å²) in [7, 11) is 2.48. The van der Waals surface area contributed by atoms with E-state index in [-0.39, 0.29) is 37.4 Å². The van der Waals surface area contributed by atoms with Crippen molar-refractivity contribution in [2.45, 2.75) is 32.0 Å². The summed E-state index contributed by atoms with van der Waals surface area (Å²) in [5, 5.41) is 6.80. The van der Waals surface area contributed by atoms with Crippen molar-refractivity contribution in [2.75, 3.05) is 32.5 Å². The van der Waals surface area contributed by atoms with Crippen LogP contribution in [0.4, 0.5) is 28.0 Å². The molecule has 10 nitrogen and oxygen atoms in total. The fraction of sp³-hybridized carbons (Fsp3) is 0.429. The molecule has 0 aliphatic carbocycles. The lowest BCUT2D eigenvalue weighted by atomic mass is 10.1. The number of urea groups is 1. The second kappa shape index (κ2) is 9.93. The molecule has 1 N–H and O–H groups in total. The van der Waals surface area contributed by atoms with Crippen molar-refractivity contribution in [3.8, 4) is 0 Å². The molecule has 3 heterocycles. The Bertz CT molecular complexity index is 1230. The molecule has 2 aliphatic rings. The fourth-order valence-corrected chi connectivity index (χ4v) is 4.20. The Kier molecular flexibility index (Phi) is 7.09. The number of fused-ring (bicyclic) bond motifs is 3. The number of amides is 4. The van der Waals surface area contributed by atoms with E-state index in [4.69, 9.17) is 16.4 Å². The van der Waals surface area contributed by atoms with Crippen LogP contribution in [0.15, 0.2) is 12.1 Å². The van der Waals surface area contributed by atoms with Gasteiger partial charge in [0.25, 0.3) is 18.2 Å². The van der Waals surface area contributed by atoms with Gasteiger partial charge in [0.15, 0.2) is 11.9 Å². The van der Waals surface area contributed by atoms with Gasteiger partial charge >= 0.3 is 6.03 Å². The van der Waals surface area contributed by atoms with Crippen LogP contribution in [0.1, 0.15) is 21.7 Å². The maximum Gasteiger partial charge on any atom is 0.322 e. The molecular weight excluding hydrogens is 512 g/mol. The highest BCUT2D eigenvalue weighted by molar-refractivity contribution is 6.31. The molecule has 194 valence electrons. The zero-order valence-corrected chi connectivity index (χ0v) is 19.9. The molecule has 1 aromatic carbocycles. The molecular formula is C21H21ClF4N6O4. The van der Waals surface area contributed by atoms with Crippen molar-refractivity contribution < 1.29 is 36.8 Å². The lowest BCUT2D eigenvalue weighted by molar-refractivity contribution is -0.177. The zero-order valence-electron chi connectivity index (χ0n) is 19.1. The number of likely N-dealkylation sites (N-methyl/N-ethyl adjacent to an activating group) is 1. The molecule has 4 amide bonds. The SMILES string of the molecule is CN(CC(F)F)C(=O)C1Cn2nc3c(c2C(=O)N(C)O1)CN(C(=O)Nc1ccc(F)c(Cl)c1F)CC3. The fourth-order valence-electron chi connectivity index (χ4n) is 4.03. The van der Waals surface area contributed by atoms with Gasteiger partial charge in [-0.3, -0.25) is 19.1 Å². The number of anilines is 1. The third-order valence-electron chi connectivity index (χ3n) is 5.84. The summed E-state index contributed by atoms with van der Waals surface area (Å²) in [6.07, 6.45) is -3.78. The van der Waals surface area contributed by atoms with Gasteiger partial charge in [-0.2, -0.15) is 5.10 Å². The van der Waals surface area contributed by atoms with E-state index in [2.05, 4.69) is 10.4 Å². The Morgan fingerprint density at radius 3 is 2.75 bits per heavy atom. The smallest absolute Gasteiger partial charge is 0.322 e. The summed E-state index contributed by atoms with van der Waals surface area (Å²) >= 11 is 5.56. The number of rotatable bonds is 4. The van der Waals surface area contributed by atoms with Crippen LogP contribution in [0.3, 0.4) is 0 Å². The number of carbonyl (C=O) groups is 3. The largest absolute Gasteiger partial charge is 0.338 e. The van der Waals surface area contributed by atoms with E-state index in [1.165, 1.54) is 23.7 Å². The van der Waals surface area contributed by atoms with E-state index in [0.29, 0.717) is 11.3 Å². The first-order valence-corrected chi connectivity index (χ1v) is 11.1. The van der Waals surface area contributed by atoms with Crippen molar-refractivity contribution in [1.29, 1.82) is 0 Å².